The summed E-state index contributed by atoms with van der Waals surface area (Å²) in [6, 6.07) is 10.0. The molecule has 1 aromatic rings. The molecule has 1 aliphatic heterocycles. The van der Waals surface area contributed by atoms with Gasteiger partial charge in [0.1, 0.15) is 6.61 Å². The molecule has 0 radical (unpaired) electrons. The number of carbonyl (C=O) groups excluding carboxylic acids is 1. The summed E-state index contributed by atoms with van der Waals surface area (Å²) in [6.45, 7) is 5.31. The van der Waals surface area contributed by atoms with Crippen LogP contribution < -0.4 is 5.32 Å². The Bertz CT molecular complexity index is 419. The van der Waals surface area contributed by atoms with Gasteiger partial charge in [-0.3, -0.25) is 0 Å². The van der Waals surface area contributed by atoms with Crippen LogP contribution in [0.25, 0.3) is 0 Å². The number of hydrogen-bond acceptors (Lipinski definition) is 3. The van der Waals surface area contributed by atoms with Crippen LogP contribution in [0.4, 0.5) is 4.79 Å². The first-order chi connectivity index (χ1) is 9.29. The lowest BCUT2D eigenvalue weighted by Gasteiger charge is -2.20. The van der Waals surface area contributed by atoms with Gasteiger partial charge in [-0.2, -0.15) is 0 Å². The molecule has 1 saturated heterocycles. The highest BCUT2D eigenvalue weighted by Gasteiger charge is 2.29. The molecule has 1 aliphatic rings. The number of hydrogen-bond donors (Lipinski definition) is 1. The van der Waals surface area contributed by atoms with E-state index in [1.807, 2.05) is 36.4 Å². The van der Waals surface area contributed by atoms with E-state index < -0.39 is 0 Å². The van der Waals surface area contributed by atoms with E-state index in [4.69, 9.17) is 9.47 Å². The number of rotatable bonds is 7. The number of alkyl carbamates (subject to hydrolysis) is 1. The van der Waals surface area contributed by atoms with Crippen molar-refractivity contribution in [1.82, 2.24) is 5.32 Å². The monoisotopic (exact) mass is 261 g/mol. The summed E-state index contributed by atoms with van der Waals surface area (Å²) in [5, 5.41) is 2.80. The molecule has 1 aromatic carbocycles. The molecule has 0 bridgehead atoms. The molecular weight excluding hydrogens is 242 g/mol. The number of nitrogens with one attached hydrogen (secondary N) is 1. The maximum absolute atomic E-state index is 11.1. The predicted molar refractivity (Wildman–Crippen MR) is 72.7 cm³/mol. The number of benzene rings is 1. The predicted octanol–water partition coefficient (Wildman–Crippen LogP) is 2.50. The third-order valence-electron chi connectivity index (χ3n) is 3.18. The van der Waals surface area contributed by atoms with E-state index in [1.165, 1.54) is 0 Å². The molecule has 0 unspecified atom stereocenters. The van der Waals surface area contributed by atoms with Crippen molar-refractivity contribution in [3.63, 3.8) is 0 Å². The molecule has 2 rings (SSSR count). The number of amides is 1. The first-order valence-corrected chi connectivity index (χ1v) is 6.45. The quantitative estimate of drug-likeness (QED) is 0.767. The minimum absolute atomic E-state index is 0.0151. The van der Waals surface area contributed by atoms with Gasteiger partial charge in [-0.25, -0.2) is 4.79 Å². The lowest BCUT2D eigenvalue weighted by atomic mass is 9.98. The van der Waals surface area contributed by atoms with Crippen molar-refractivity contribution in [3.05, 3.63) is 48.6 Å². The fraction of sp³-hybridized carbons (Fsp3) is 0.400. The second-order valence-electron chi connectivity index (χ2n) is 4.63. The highest BCUT2D eigenvalue weighted by molar-refractivity contribution is 5.69. The maximum Gasteiger partial charge on any atom is 0.407 e. The van der Waals surface area contributed by atoms with Crippen molar-refractivity contribution in [1.29, 1.82) is 0 Å². The number of ether oxygens (including phenoxy) is 2. The highest BCUT2D eigenvalue weighted by Crippen LogP contribution is 2.16. The number of carbonyl (C=O) groups is 1. The van der Waals surface area contributed by atoms with Crippen LogP contribution in [-0.2, 0) is 16.1 Å². The van der Waals surface area contributed by atoms with Gasteiger partial charge in [0.2, 0.25) is 0 Å². The summed E-state index contributed by atoms with van der Waals surface area (Å²) in [7, 11) is 0. The zero-order valence-electron chi connectivity index (χ0n) is 10.9. The van der Waals surface area contributed by atoms with Gasteiger partial charge >= 0.3 is 6.09 Å². The maximum atomic E-state index is 11.1. The molecule has 1 N–H and O–H groups in total. The molecule has 4 heteroatoms. The van der Waals surface area contributed by atoms with Crippen molar-refractivity contribution in [2.75, 3.05) is 13.2 Å². The average molecular weight is 261 g/mol. The van der Waals surface area contributed by atoms with Crippen LogP contribution in [0.3, 0.4) is 0 Å². The van der Waals surface area contributed by atoms with E-state index in [2.05, 4.69) is 11.9 Å². The Labute approximate surface area is 113 Å². The Kier molecular flexibility index (Phi) is 4.98. The van der Waals surface area contributed by atoms with E-state index in [1.54, 1.807) is 0 Å². The lowest BCUT2D eigenvalue weighted by molar-refractivity contribution is 0.0743. The van der Waals surface area contributed by atoms with Crippen LogP contribution in [0.5, 0.6) is 0 Å². The number of allylic oxidation sites excluding steroid dienone is 1. The molecule has 0 spiro atoms. The van der Waals surface area contributed by atoms with E-state index >= 15 is 0 Å². The molecule has 102 valence electrons. The standard InChI is InChI=1S/C15H19NO3/c1-2-6-13(14-11-19-15(17)16-14)10-18-9-12-7-4-3-5-8-12/h2-5,7-8,13-14H,1,6,9-11H2,(H,16,17)/t13-,14+/m0/s1. The average Bonchev–Trinajstić information content (AvgIpc) is 2.86. The molecule has 19 heavy (non-hydrogen) atoms. The zero-order valence-corrected chi connectivity index (χ0v) is 10.9. The van der Waals surface area contributed by atoms with E-state index in [9.17, 15) is 4.79 Å². The molecule has 0 saturated carbocycles. The molecule has 0 aliphatic carbocycles. The molecule has 1 amide bonds. The van der Waals surface area contributed by atoms with Gasteiger partial charge in [0.25, 0.3) is 0 Å². The Morgan fingerprint density at radius 2 is 2.26 bits per heavy atom. The third kappa shape index (κ3) is 4.10. The SMILES string of the molecule is C=CC[C@@H](COCc1ccccc1)[C@H]1COC(=O)N1. The fourth-order valence-electron chi connectivity index (χ4n) is 2.12. The topological polar surface area (TPSA) is 47.6 Å². The lowest BCUT2D eigenvalue weighted by Crippen LogP contribution is -2.36. The van der Waals surface area contributed by atoms with Crippen LogP contribution in [0.15, 0.2) is 43.0 Å². The Morgan fingerprint density at radius 3 is 2.89 bits per heavy atom. The first kappa shape index (κ1) is 13.6. The molecule has 1 fully saturated rings. The van der Waals surface area contributed by atoms with Crippen molar-refractivity contribution in [2.45, 2.75) is 19.1 Å². The van der Waals surface area contributed by atoms with E-state index in [0.29, 0.717) is 19.8 Å². The van der Waals surface area contributed by atoms with Crippen LogP contribution in [0.1, 0.15) is 12.0 Å². The van der Waals surface area contributed by atoms with Crippen LogP contribution in [0, 0.1) is 5.92 Å². The minimum Gasteiger partial charge on any atom is -0.447 e. The Hall–Kier alpha value is -1.81. The molecule has 2 atom stereocenters. The Balaban J connectivity index is 1.80. The van der Waals surface area contributed by atoms with Gasteiger partial charge in [0, 0.05) is 5.92 Å². The van der Waals surface area contributed by atoms with Crippen molar-refractivity contribution < 1.29 is 14.3 Å². The summed E-state index contributed by atoms with van der Waals surface area (Å²) < 4.78 is 10.6. The van der Waals surface area contributed by atoms with Gasteiger partial charge in [-0.1, -0.05) is 36.4 Å². The van der Waals surface area contributed by atoms with Gasteiger partial charge in [-0.05, 0) is 12.0 Å². The fourth-order valence-corrected chi connectivity index (χ4v) is 2.12. The summed E-state index contributed by atoms with van der Waals surface area (Å²) in [4.78, 5) is 11.1. The van der Waals surface area contributed by atoms with Crippen molar-refractivity contribution in [2.24, 2.45) is 5.92 Å². The molecular formula is C15H19NO3. The number of cyclic esters (lactones) is 1. The van der Waals surface area contributed by atoms with E-state index in [0.717, 1.165) is 12.0 Å². The van der Waals surface area contributed by atoms with Crippen molar-refractivity contribution >= 4 is 6.09 Å². The smallest absolute Gasteiger partial charge is 0.407 e. The van der Waals surface area contributed by atoms with E-state index in [-0.39, 0.29) is 18.1 Å². The normalized spacial score (nSPS) is 19.6. The summed E-state index contributed by atoms with van der Waals surface area (Å²) >= 11 is 0. The highest BCUT2D eigenvalue weighted by atomic mass is 16.6. The molecule has 4 nitrogen and oxygen atoms in total. The largest absolute Gasteiger partial charge is 0.447 e. The Morgan fingerprint density at radius 1 is 1.47 bits per heavy atom. The van der Waals surface area contributed by atoms with Gasteiger partial charge in [0.05, 0.1) is 19.3 Å². The third-order valence-corrected chi connectivity index (χ3v) is 3.18. The summed E-state index contributed by atoms with van der Waals surface area (Å²) in [5.74, 6) is 0.202. The second-order valence-corrected chi connectivity index (χ2v) is 4.63. The van der Waals surface area contributed by atoms with Gasteiger partial charge in [0.15, 0.2) is 0 Å². The summed E-state index contributed by atoms with van der Waals surface area (Å²) in [5.41, 5.74) is 1.14. The molecule has 1 heterocycles. The van der Waals surface area contributed by atoms with Gasteiger partial charge in [-0.15, -0.1) is 6.58 Å². The second kappa shape index (κ2) is 6.95. The van der Waals surface area contributed by atoms with Crippen LogP contribution >= 0.6 is 0 Å². The van der Waals surface area contributed by atoms with Crippen LogP contribution in [-0.4, -0.2) is 25.3 Å². The van der Waals surface area contributed by atoms with Gasteiger partial charge < -0.3 is 14.8 Å². The summed E-state index contributed by atoms with van der Waals surface area (Å²) in [6.07, 6.45) is 2.30. The zero-order chi connectivity index (χ0) is 13.5. The van der Waals surface area contributed by atoms with Crippen LogP contribution in [0.2, 0.25) is 0 Å². The minimum atomic E-state index is -0.345. The molecule has 0 aromatic heterocycles. The van der Waals surface area contributed by atoms with Crippen molar-refractivity contribution in [3.8, 4) is 0 Å². The first-order valence-electron chi connectivity index (χ1n) is 6.45.